The van der Waals surface area contributed by atoms with E-state index < -0.39 is 0 Å². The molecular formula is C11H22. The molecule has 0 aromatic rings. The van der Waals surface area contributed by atoms with Crippen LogP contribution in [0.5, 0.6) is 0 Å². The summed E-state index contributed by atoms with van der Waals surface area (Å²) >= 11 is 0. The van der Waals surface area contributed by atoms with Crippen molar-refractivity contribution in [3.63, 3.8) is 0 Å². The van der Waals surface area contributed by atoms with Crippen LogP contribution in [0.1, 0.15) is 52.9 Å². The predicted molar refractivity (Wildman–Crippen MR) is 50.6 cm³/mol. The van der Waals surface area contributed by atoms with Gasteiger partial charge in [0, 0.05) is 0 Å². The molecule has 0 aromatic carbocycles. The second kappa shape index (κ2) is 4.13. The van der Waals surface area contributed by atoms with E-state index in [1.165, 1.54) is 32.1 Å². The molecule has 0 aromatic heterocycles. The molecule has 66 valence electrons. The van der Waals surface area contributed by atoms with E-state index in [1.807, 2.05) is 0 Å². The lowest BCUT2D eigenvalue weighted by atomic mass is 9.84. The fourth-order valence-corrected chi connectivity index (χ4v) is 2.67. The first-order chi connectivity index (χ1) is 5.25. The summed E-state index contributed by atoms with van der Waals surface area (Å²) in [6.45, 7) is 7.09. The highest BCUT2D eigenvalue weighted by molar-refractivity contribution is 4.78. The van der Waals surface area contributed by atoms with Gasteiger partial charge in [0.1, 0.15) is 0 Å². The second-order valence-electron chi connectivity index (χ2n) is 4.39. The summed E-state index contributed by atoms with van der Waals surface area (Å²) in [5, 5.41) is 0. The van der Waals surface area contributed by atoms with Crippen molar-refractivity contribution in [1.82, 2.24) is 0 Å². The largest absolute Gasteiger partial charge is 0.0654 e. The molecule has 1 aliphatic carbocycles. The van der Waals surface area contributed by atoms with Gasteiger partial charge in [0.25, 0.3) is 0 Å². The van der Waals surface area contributed by atoms with E-state index in [9.17, 15) is 0 Å². The highest BCUT2D eigenvalue weighted by Crippen LogP contribution is 2.39. The van der Waals surface area contributed by atoms with Gasteiger partial charge in [0.05, 0.1) is 0 Å². The van der Waals surface area contributed by atoms with Gasteiger partial charge < -0.3 is 0 Å². The lowest BCUT2D eigenvalue weighted by Gasteiger charge is -2.22. The fourth-order valence-electron chi connectivity index (χ4n) is 2.67. The average Bonchev–Trinajstić information content (AvgIpc) is 2.36. The van der Waals surface area contributed by atoms with Crippen molar-refractivity contribution in [2.24, 2.45) is 17.8 Å². The van der Waals surface area contributed by atoms with E-state index in [4.69, 9.17) is 0 Å². The summed E-state index contributed by atoms with van der Waals surface area (Å²) in [5.41, 5.74) is 0. The Balaban J connectivity index is 2.37. The maximum absolute atomic E-state index is 2.39. The molecule has 2 atom stereocenters. The van der Waals surface area contributed by atoms with Crippen LogP contribution in [-0.2, 0) is 0 Å². The van der Waals surface area contributed by atoms with Crippen LogP contribution < -0.4 is 0 Å². The van der Waals surface area contributed by atoms with Crippen molar-refractivity contribution in [3.05, 3.63) is 0 Å². The highest BCUT2D eigenvalue weighted by atomic mass is 14.3. The standard InChI is InChI=1S/C11H22/c1-4-6-10-7-5-8-11(10)9(2)3/h9-11H,4-8H2,1-3H3. The molecule has 0 heteroatoms. The molecule has 1 rings (SSSR count). The minimum atomic E-state index is 0.925. The van der Waals surface area contributed by atoms with Gasteiger partial charge >= 0.3 is 0 Å². The molecule has 0 bridgehead atoms. The van der Waals surface area contributed by atoms with Crippen LogP contribution in [0.15, 0.2) is 0 Å². The molecule has 1 fully saturated rings. The van der Waals surface area contributed by atoms with Crippen molar-refractivity contribution < 1.29 is 0 Å². The van der Waals surface area contributed by atoms with E-state index in [0.717, 1.165) is 17.8 Å². The molecule has 0 heterocycles. The second-order valence-corrected chi connectivity index (χ2v) is 4.39. The minimum absolute atomic E-state index is 0.925. The van der Waals surface area contributed by atoms with Gasteiger partial charge in [-0.2, -0.15) is 0 Å². The third kappa shape index (κ3) is 2.21. The minimum Gasteiger partial charge on any atom is -0.0654 e. The molecule has 1 saturated carbocycles. The summed E-state index contributed by atoms with van der Waals surface area (Å²) in [5.74, 6) is 3.05. The Morgan fingerprint density at radius 1 is 1.27 bits per heavy atom. The number of hydrogen-bond donors (Lipinski definition) is 0. The normalized spacial score (nSPS) is 31.6. The molecule has 0 amide bonds. The average molecular weight is 154 g/mol. The van der Waals surface area contributed by atoms with Crippen LogP contribution in [0.25, 0.3) is 0 Å². The molecule has 0 radical (unpaired) electrons. The maximum Gasteiger partial charge on any atom is -0.0363 e. The summed E-state index contributed by atoms with van der Waals surface area (Å²) in [6, 6.07) is 0. The zero-order valence-corrected chi connectivity index (χ0v) is 8.27. The summed E-state index contributed by atoms with van der Waals surface area (Å²) in [6.07, 6.45) is 7.36. The Morgan fingerprint density at radius 3 is 2.55 bits per heavy atom. The lowest BCUT2D eigenvalue weighted by Crippen LogP contribution is -2.13. The third-order valence-electron chi connectivity index (χ3n) is 3.23. The summed E-state index contributed by atoms with van der Waals surface area (Å²) in [4.78, 5) is 0. The fraction of sp³-hybridized carbons (Fsp3) is 1.00. The molecule has 0 aliphatic heterocycles. The number of rotatable bonds is 3. The Bertz CT molecular complexity index is 105. The van der Waals surface area contributed by atoms with Gasteiger partial charge in [0.15, 0.2) is 0 Å². The Hall–Kier alpha value is 0. The zero-order valence-electron chi connectivity index (χ0n) is 8.27. The van der Waals surface area contributed by atoms with E-state index >= 15 is 0 Å². The van der Waals surface area contributed by atoms with E-state index in [1.54, 1.807) is 0 Å². The zero-order chi connectivity index (χ0) is 8.27. The smallest absolute Gasteiger partial charge is 0.0363 e. The predicted octanol–water partition coefficient (Wildman–Crippen LogP) is 3.86. The topological polar surface area (TPSA) is 0 Å². The quantitative estimate of drug-likeness (QED) is 0.579. The SMILES string of the molecule is CCCC1CCCC1C(C)C. The Morgan fingerprint density at radius 2 is 2.00 bits per heavy atom. The van der Waals surface area contributed by atoms with Gasteiger partial charge in [-0.05, 0) is 24.2 Å². The van der Waals surface area contributed by atoms with Gasteiger partial charge in [-0.25, -0.2) is 0 Å². The molecule has 0 N–H and O–H groups in total. The Labute approximate surface area is 71.4 Å². The summed E-state index contributed by atoms with van der Waals surface area (Å²) < 4.78 is 0. The van der Waals surface area contributed by atoms with Crippen LogP contribution in [0.4, 0.5) is 0 Å². The summed E-state index contributed by atoms with van der Waals surface area (Å²) in [7, 11) is 0. The third-order valence-corrected chi connectivity index (χ3v) is 3.23. The van der Waals surface area contributed by atoms with Crippen LogP contribution in [-0.4, -0.2) is 0 Å². The van der Waals surface area contributed by atoms with Crippen molar-refractivity contribution in [3.8, 4) is 0 Å². The van der Waals surface area contributed by atoms with Crippen molar-refractivity contribution >= 4 is 0 Å². The first-order valence-electron chi connectivity index (χ1n) is 5.25. The van der Waals surface area contributed by atoms with Crippen molar-refractivity contribution in [2.45, 2.75) is 52.9 Å². The number of hydrogen-bond acceptors (Lipinski definition) is 0. The van der Waals surface area contributed by atoms with Gasteiger partial charge in [-0.15, -0.1) is 0 Å². The lowest BCUT2D eigenvalue weighted by molar-refractivity contribution is 0.280. The van der Waals surface area contributed by atoms with Gasteiger partial charge in [-0.1, -0.05) is 46.5 Å². The maximum atomic E-state index is 2.39. The van der Waals surface area contributed by atoms with E-state index in [0.29, 0.717) is 0 Å². The Kier molecular flexibility index (Phi) is 3.42. The first kappa shape index (κ1) is 9.09. The highest BCUT2D eigenvalue weighted by Gasteiger charge is 2.28. The van der Waals surface area contributed by atoms with Crippen LogP contribution in [0.2, 0.25) is 0 Å². The molecule has 2 unspecified atom stereocenters. The van der Waals surface area contributed by atoms with E-state index in [2.05, 4.69) is 20.8 Å². The van der Waals surface area contributed by atoms with Crippen LogP contribution in [0, 0.1) is 17.8 Å². The molecule has 0 spiro atoms. The molecule has 0 nitrogen and oxygen atoms in total. The molecule has 0 saturated heterocycles. The first-order valence-corrected chi connectivity index (χ1v) is 5.25. The van der Waals surface area contributed by atoms with Crippen molar-refractivity contribution in [1.29, 1.82) is 0 Å². The molecule has 11 heavy (non-hydrogen) atoms. The van der Waals surface area contributed by atoms with E-state index in [-0.39, 0.29) is 0 Å². The van der Waals surface area contributed by atoms with Gasteiger partial charge in [0.2, 0.25) is 0 Å². The molecular weight excluding hydrogens is 132 g/mol. The van der Waals surface area contributed by atoms with Crippen LogP contribution in [0.3, 0.4) is 0 Å². The van der Waals surface area contributed by atoms with Gasteiger partial charge in [-0.3, -0.25) is 0 Å². The van der Waals surface area contributed by atoms with Crippen LogP contribution >= 0.6 is 0 Å². The van der Waals surface area contributed by atoms with Crippen molar-refractivity contribution in [2.75, 3.05) is 0 Å². The molecule has 1 aliphatic rings. The monoisotopic (exact) mass is 154 g/mol.